The number of carbonyl (C=O) groups is 2. The number of rotatable bonds is 5. The second kappa shape index (κ2) is 6.76. The maximum absolute atomic E-state index is 11.9. The van der Waals surface area contributed by atoms with Crippen molar-refractivity contribution >= 4 is 17.5 Å². The van der Waals surface area contributed by atoms with Gasteiger partial charge in [-0.25, -0.2) is 0 Å². The molecule has 1 aromatic rings. The van der Waals surface area contributed by atoms with Crippen molar-refractivity contribution in [1.29, 1.82) is 0 Å². The third-order valence-corrected chi connectivity index (χ3v) is 2.44. The predicted octanol–water partition coefficient (Wildman–Crippen LogP) is 0.936. The van der Waals surface area contributed by atoms with E-state index < -0.39 is 0 Å². The smallest absolute Gasteiger partial charge is 0.255 e. The normalized spacial score (nSPS) is 9.94. The number of anilines is 1. The zero-order chi connectivity index (χ0) is 13.5. The second-order valence-electron chi connectivity index (χ2n) is 4.15. The van der Waals surface area contributed by atoms with E-state index in [0.29, 0.717) is 24.2 Å². The van der Waals surface area contributed by atoms with Crippen molar-refractivity contribution < 1.29 is 9.59 Å². The largest absolute Gasteiger partial charge is 0.345 e. The topological polar surface area (TPSA) is 61.4 Å². The SMILES string of the molecule is CNCCC(=O)Nc1ccccc1C(=O)N(C)C. The van der Waals surface area contributed by atoms with Crippen LogP contribution in [-0.2, 0) is 4.79 Å². The molecule has 2 amide bonds. The molecule has 0 aromatic heterocycles. The van der Waals surface area contributed by atoms with E-state index in [9.17, 15) is 9.59 Å². The Hall–Kier alpha value is -1.88. The van der Waals surface area contributed by atoms with Crippen LogP contribution >= 0.6 is 0 Å². The Labute approximate surface area is 107 Å². The molecule has 0 bridgehead atoms. The van der Waals surface area contributed by atoms with Crippen molar-refractivity contribution in [2.24, 2.45) is 0 Å². The minimum absolute atomic E-state index is 0.108. The maximum Gasteiger partial charge on any atom is 0.255 e. The van der Waals surface area contributed by atoms with Crippen LogP contribution in [0.25, 0.3) is 0 Å². The molecule has 0 spiro atoms. The zero-order valence-corrected chi connectivity index (χ0v) is 11.0. The Morgan fingerprint density at radius 1 is 1.22 bits per heavy atom. The van der Waals surface area contributed by atoms with E-state index in [1.807, 2.05) is 0 Å². The molecule has 98 valence electrons. The highest BCUT2D eigenvalue weighted by Gasteiger charge is 2.14. The number of para-hydroxylation sites is 1. The number of nitrogens with one attached hydrogen (secondary N) is 2. The van der Waals surface area contributed by atoms with Crippen LogP contribution in [0.15, 0.2) is 24.3 Å². The summed E-state index contributed by atoms with van der Waals surface area (Å²) in [5, 5.41) is 5.66. The number of carbonyl (C=O) groups excluding carboxylic acids is 2. The lowest BCUT2D eigenvalue weighted by Gasteiger charge is -2.14. The molecule has 1 aromatic carbocycles. The Bertz CT molecular complexity index is 430. The molecule has 18 heavy (non-hydrogen) atoms. The van der Waals surface area contributed by atoms with Crippen LogP contribution in [0.2, 0.25) is 0 Å². The third-order valence-electron chi connectivity index (χ3n) is 2.44. The first-order chi connectivity index (χ1) is 8.56. The standard InChI is InChI=1S/C13H19N3O2/c1-14-9-8-12(17)15-11-7-5-4-6-10(11)13(18)16(2)3/h4-7,14H,8-9H2,1-3H3,(H,15,17). The van der Waals surface area contributed by atoms with Crippen LogP contribution in [-0.4, -0.2) is 44.4 Å². The average Bonchev–Trinajstić information content (AvgIpc) is 2.36. The summed E-state index contributed by atoms with van der Waals surface area (Å²) in [6, 6.07) is 7.00. The van der Waals surface area contributed by atoms with Crippen LogP contribution in [0.5, 0.6) is 0 Å². The third kappa shape index (κ3) is 3.85. The van der Waals surface area contributed by atoms with Crippen molar-refractivity contribution in [3.63, 3.8) is 0 Å². The summed E-state index contributed by atoms with van der Waals surface area (Å²) < 4.78 is 0. The number of nitrogens with zero attached hydrogens (tertiary/aromatic N) is 1. The summed E-state index contributed by atoms with van der Waals surface area (Å²) in [7, 11) is 5.15. The van der Waals surface area contributed by atoms with Gasteiger partial charge < -0.3 is 15.5 Å². The Morgan fingerprint density at radius 3 is 2.50 bits per heavy atom. The van der Waals surface area contributed by atoms with Gasteiger partial charge in [0, 0.05) is 27.1 Å². The molecular formula is C13H19N3O2. The highest BCUT2D eigenvalue weighted by atomic mass is 16.2. The van der Waals surface area contributed by atoms with Crippen molar-refractivity contribution in [3.8, 4) is 0 Å². The van der Waals surface area contributed by atoms with Gasteiger partial charge >= 0.3 is 0 Å². The molecule has 0 atom stereocenters. The predicted molar refractivity (Wildman–Crippen MR) is 71.6 cm³/mol. The van der Waals surface area contributed by atoms with Crippen LogP contribution < -0.4 is 10.6 Å². The van der Waals surface area contributed by atoms with E-state index in [0.717, 1.165) is 0 Å². The van der Waals surface area contributed by atoms with Gasteiger partial charge in [0.05, 0.1) is 11.3 Å². The van der Waals surface area contributed by atoms with Crippen molar-refractivity contribution in [2.75, 3.05) is 33.0 Å². The van der Waals surface area contributed by atoms with Gasteiger partial charge in [-0.05, 0) is 19.2 Å². The van der Waals surface area contributed by atoms with E-state index in [1.165, 1.54) is 4.90 Å². The number of hydrogen-bond acceptors (Lipinski definition) is 3. The summed E-state index contributed by atoms with van der Waals surface area (Å²) in [6.45, 7) is 0.607. The molecule has 0 aliphatic carbocycles. The quantitative estimate of drug-likeness (QED) is 0.816. The summed E-state index contributed by atoms with van der Waals surface area (Å²) >= 11 is 0. The molecular weight excluding hydrogens is 230 g/mol. The first-order valence-corrected chi connectivity index (χ1v) is 5.81. The van der Waals surface area contributed by atoms with Crippen LogP contribution in [0.4, 0.5) is 5.69 Å². The fourth-order valence-corrected chi connectivity index (χ4v) is 1.47. The van der Waals surface area contributed by atoms with E-state index in [-0.39, 0.29) is 11.8 Å². The lowest BCUT2D eigenvalue weighted by Crippen LogP contribution is -2.24. The first-order valence-electron chi connectivity index (χ1n) is 5.81. The Kier molecular flexibility index (Phi) is 5.32. The summed E-state index contributed by atoms with van der Waals surface area (Å²) in [5.41, 5.74) is 1.05. The molecule has 0 aliphatic rings. The van der Waals surface area contributed by atoms with Gasteiger partial charge in [-0.2, -0.15) is 0 Å². The highest BCUT2D eigenvalue weighted by Crippen LogP contribution is 2.16. The zero-order valence-electron chi connectivity index (χ0n) is 11.0. The second-order valence-corrected chi connectivity index (χ2v) is 4.15. The summed E-state index contributed by atoms with van der Waals surface area (Å²) in [4.78, 5) is 25.0. The van der Waals surface area contributed by atoms with E-state index >= 15 is 0 Å². The van der Waals surface area contributed by atoms with Gasteiger partial charge in [0.15, 0.2) is 0 Å². The van der Waals surface area contributed by atoms with E-state index in [2.05, 4.69) is 10.6 Å². The molecule has 1 rings (SSSR count). The molecule has 5 nitrogen and oxygen atoms in total. The minimum Gasteiger partial charge on any atom is -0.345 e. The van der Waals surface area contributed by atoms with E-state index in [1.54, 1.807) is 45.4 Å². The van der Waals surface area contributed by atoms with Crippen molar-refractivity contribution in [2.45, 2.75) is 6.42 Å². The number of benzene rings is 1. The van der Waals surface area contributed by atoms with Crippen LogP contribution in [0.3, 0.4) is 0 Å². The number of hydrogen-bond donors (Lipinski definition) is 2. The van der Waals surface area contributed by atoms with Crippen molar-refractivity contribution in [3.05, 3.63) is 29.8 Å². The van der Waals surface area contributed by atoms with Crippen LogP contribution in [0, 0.1) is 0 Å². The van der Waals surface area contributed by atoms with Gasteiger partial charge in [-0.3, -0.25) is 9.59 Å². The molecule has 0 saturated heterocycles. The average molecular weight is 249 g/mol. The number of amides is 2. The Balaban J connectivity index is 2.82. The van der Waals surface area contributed by atoms with E-state index in [4.69, 9.17) is 0 Å². The molecule has 2 N–H and O–H groups in total. The fourth-order valence-electron chi connectivity index (χ4n) is 1.47. The fraction of sp³-hybridized carbons (Fsp3) is 0.385. The van der Waals surface area contributed by atoms with Gasteiger partial charge in [-0.15, -0.1) is 0 Å². The molecule has 5 heteroatoms. The molecule has 0 radical (unpaired) electrons. The van der Waals surface area contributed by atoms with Gasteiger partial charge in [0.2, 0.25) is 5.91 Å². The molecule has 0 heterocycles. The summed E-state index contributed by atoms with van der Waals surface area (Å²) in [5.74, 6) is -0.233. The maximum atomic E-state index is 11.9. The van der Waals surface area contributed by atoms with Gasteiger partial charge in [0.1, 0.15) is 0 Å². The van der Waals surface area contributed by atoms with Gasteiger partial charge in [-0.1, -0.05) is 12.1 Å². The Morgan fingerprint density at radius 2 is 1.89 bits per heavy atom. The monoisotopic (exact) mass is 249 g/mol. The first kappa shape index (κ1) is 14.2. The molecule has 0 unspecified atom stereocenters. The molecule has 0 saturated carbocycles. The minimum atomic E-state index is -0.125. The highest BCUT2D eigenvalue weighted by molar-refractivity contribution is 6.03. The summed E-state index contributed by atoms with van der Waals surface area (Å²) in [6.07, 6.45) is 0.376. The lowest BCUT2D eigenvalue weighted by atomic mass is 10.1. The van der Waals surface area contributed by atoms with Crippen molar-refractivity contribution in [1.82, 2.24) is 10.2 Å². The molecule has 0 aliphatic heterocycles. The van der Waals surface area contributed by atoms with Gasteiger partial charge in [0.25, 0.3) is 5.91 Å². The molecule has 0 fully saturated rings. The van der Waals surface area contributed by atoms with Crippen LogP contribution in [0.1, 0.15) is 16.8 Å². The lowest BCUT2D eigenvalue weighted by molar-refractivity contribution is -0.116.